The molecule has 70 valence electrons. The average molecular weight is 178 g/mol. The Kier molecular flexibility index (Phi) is 1.92. The molecule has 0 spiro atoms. The van der Waals surface area contributed by atoms with E-state index < -0.39 is 0 Å². The van der Waals surface area contributed by atoms with E-state index in [1.54, 1.807) is 0 Å². The van der Waals surface area contributed by atoms with Gasteiger partial charge < -0.3 is 11.1 Å². The number of nitrogens with one attached hydrogen (secondary N) is 1. The van der Waals surface area contributed by atoms with Crippen LogP contribution in [0.5, 0.6) is 0 Å². The van der Waals surface area contributed by atoms with Crippen molar-refractivity contribution < 1.29 is 0 Å². The molecule has 0 amide bonds. The van der Waals surface area contributed by atoms with Crippen LogP contribution in [0.1, 0.15) is 36.8 Å². The topological polar surface area (TPSA) is 63.8 Å². The van der Waals surface area contributed by atoms with Gasteiger partial charge in [0.2, 0.25) is 0 Å². The zero-order valence-electron chi connectivity index (χ0n) is 7.96. The van der Waals surface area contributed by atoms with Crippen LogP contribution in [0, 0.1) is 0 Å². The lowest BCUT2D eigenvalue weighted by atomic mass is 10.2. The van der Waals surface area contributed by atoms with Crippen molar-refractivity contribution in [2.75, 3.05) is 5.73 Å². The SMILES string of the molecule is CC(C)c1nc(N)c2c(n1)CNC2. The second kappa shape index (κ2) is 2.96. The zero-order chi connectivity index (χ0) is 9.42. The van der Waals surface area contributed by atoms with E-state index in [1.165, 1.54) is 0 Å². The number of fused-ring (bicyclic) bond motifs is 1. The van der Waals surface area contributed by atoms with Crippen LogP contribution in [0.3, 0.4) is 0 Å². The Morgan fingerprint density at radius 2 is 2.08 bits per heavy atom. The molecule has 0 saturated heterocycles. The molecule has 0 aliphatic carbocycles. The van der Waals surface area contributed by atoms with E-state index in [-0.39, 0.29) is 0 Å². The highest BCUT2D eigenvalue weighted by atomic mass is 15.0. The normalized spacial score (nSPS) is 15.0. The van der Waals surface area contributed by atoms with Crippen molar-refractivity contribution in [3.8, 4) is 0 Å². The summed E-state index contributed by atoms with van der Waals surface area (Å²) in [5, 5.41) is 3.21. The lowest BCUT2D eigenvalue weighted by Crippen LogP contribution is -2.06. The van der Waals surface area contributed by atoms with Gasteiger partial charge in [0.15, 0.2) is 0 Å². The van der Waals surface area contributed by atoms with E-state index in [9.17, 15) is 0 Å². The number of nitrogen functional groups attached to an aromatic ring is 1. The van der Waals surface area contributed by atoms with Crippen LogP contribution < -0.4 is 11.1 Å². The smallest absolute Gasteiger partial charge is 0.133 e. The first kappa shape index (κ1) is 8.44. The molecule has 0 fully saturated rings. The summed E-state index contributed by atoms with van der Waals surface area (Å²) in [4.78, 5) is 8.73. The van der Waals surface area contributed by atoms with E-state index in [1.807, 2.05) is 0 Å². The Labute approximate surface area is 77.6 Å². The minimum Gasteiger partial charge on any atom is -0.383 e. The molecule has 1 aromatic heterocycles. The predicted octanol–water partition coefficient (Wildman–Crippen LogP) is 0.785. The number of rotatable bonds is 1. The molecule has 0 unspecified atom stereocenters. The van der Waals surface area contributed by atoms with Crippen molar-refractivity contribution in [1.82, 2.24) is 15.3 Å². The zero-order valence-corrected chi connectivity index (χ0v) is 7.96. The number of hydrogen-bond donors (Lipinski definition) is 2. The fourth-order valence-electron chi connectivity index (χ4n) is 1.47. The maximum Gasteiger partial charge on any atom is 0.133 e. The van der Waals surface area contributed by atoms with Gasteiger partial charge in [-0.15, -0.1) is 0 Å². The van der Waals surface area contributed by atoms with Crippen LogP contribution in [0.2, 0.25) is 0 Å². The first-order valence-electron chi connectivity index (χ1n) is 4.54. The van der Waals surface area contributed by atoms with Crippen molar-refractivity contribution in [3.05, 3.63) is 17.1 Å². The first-order valence-corrected chi connectivity index (χ1v) is 4.54. The predicted molar refractivity (Wildman–Crippen MR) is 51.1 cm³/mol. The van der Waals surface area contributed by atoms with Crippen LogP contribution in [0.25, 0.3) is 0 Å². The molecular formula is C9H14N4. The minimum absolute atomic E-state index is 0.341. The van der Waals surface area contributed by atoms with Gasteiger partial charge in [-0.05, 0) is 0 Å². The van der Waals surface area contributed by atoms with Crippen molar-refractivity contribution in [3.63, 3.8) is 0 Å². The third-order valence-electron chi connectivity index (χ3n) is 2.25. The third-order valence-corrected chi connectivity index (χ3v) is 2.25. The van der Waals surface area contributed by atoms with Crippen molar-refractivity contribution in [1.29, 1.82) is 0 Å². The summed E-state index contributed by atoms with van der Waals surface area (Å²) in [6, 6.07) is 0. The van der Waals surface area contributed by atoms with E-state index >= 15 is 0 Å². The highest BCUT2D eigenvalue weighted by Crippen LogP contribution is 2.21. The molecule has 0 aromatic carbocycles. The summed E-state index contributed by atoms with van der Waals surface area (Å²) in [7, 11) is 0. The van der Waals surface area contributed by atoms with Gasteiger partial charge in [0, 0.05) is 24.6 Å². The van der Waals surface area contributed by atoms with Crippen LogP contribution >= 0.6 is 0 Å². The third kappa shape index (κ3) is 1.37. The number of anilines is 1. The fourth-order valence-corrected chi connectivity index (χ4v) is 1.47. The Morgan fingerprint density at radius 1 is 1.31 bits per heavy atom. The molecular weight excluding hydrogens is 164 g/mol. The van der Waals surface area contributed by atoms with Gasteiger partial charge in [-0.3, -0.25) is 0 Å². The highest BCUT2D eigenvalue weighted by Gasteiger charge is 2.17. The summed E-state index contributed by atoms with van der Waals surface area (Å²) < 4.78 is 0. The second-order valence-corrected chi connectivity index (χ2v) is 3.65. The first-order chi connectivity index (χ1) is 6.18. The summed E-state index contributed by atoms with van der Waals surface area (Å²) >= 11 is 0. The Bertz CT molecular complexity index is 333. The molecule has 4 heteroatoms. The van der Waals surface area contributed by atoms with Crippen LogP contribution in [-0.2, 0) is 13.1 Å². The van der Waals surface area contributed by atoms with Crippen LogP contribution in [-0.4, -0.2) is 9.97 Å². The maximum absolute atomic E-state index is 5.82. The van der Waals surface area contributed by atoms with Crippen molar-refractivity contribution in [2.24, 2.45) is 0 Å². The number of nitrogens with two attached hydrogens (primary N) is 1. The van der Waals surface area contributed by atoms with Gasteiger partial charge >= 0.3 is 0 Å². The van der Waals surface area contributed by atoms with E-state index in [0.717, 1.165) is 30.2 Å². The molecule has 1 aliphatic heterocycles. The second-order valence-electron chi connectivity index (χ2n) is 3.65. The monoisotopic (exact) mass is 178 g/mol. The molecule has 0 saturated carbocycles. The van der Waals surface area contributed by atoms with Crippen LogP contribution in [0.4, 0.5) is 5.82 Å². The number of aromatic nitrogens is 2. The van der Waals surface area contributed by atoms with Gasteiger partial charge in [0.25, 0.3) is 0 Å². The summed E-state index contributed by atoms with van der Waals surface area (Å²) in [5.41, 5.74) is 7.96. The fraction of sp³-hybridized carbons (Fsp3) is 0.556. The van der Waals surface area contributed by atoms with Gasteiger partial charge in [-0.2, -0.15) is 0 Å². The van der Waals surface area contributed by atoms with Crippen LogP contribution in [0.15, 0.2) is 0 Å². The molecule has 1 aliphatic rings. The standard InChI is InChI=1S/C9H14N4/c1-5(2)9-12-7-4-11-3-6(7)8(10)13-9/h5,11H,3-4H2,1-2H3,(H2,10,12,13). The number of hydrogen-bond acceptors (Lipinski definition) is 4. The van der Waals surface area contributed by atoms with Gasteiger partial charge in [-0.1, -0.05) is 13.8 Å². The lowest BCUT2D eigenvalue weighted by Gasteiger charge is -2.07. The van der Waals surface area contributed by atoms with Gasteiger partial charge in [0.05, 0.1) is 5.69 Å². The highest BCUT2D eigenvalue weighted by molar-refractivity contribution is 5.44. The Hall–Kier alpha value is -1.16. The molecule has 4 nitrogen and oxygen atoms in total. The van der Waals surface area contributed by atoms with E-state index in [0.29, 0.717) is 11.7 Å². The molecule has 0 bridgehead atoms. The lowest BCUT2D eigenvalue weighted by molar-refractivity contribution is 0.741. The Morgan fingerprint density at radius 3 is 2.77 bits per heavy atom. The van der Waals surface area contributed by atoms with Crippen molar-refractivity contribution >= 4 is 5.82 Å². The largest absolute Gasteiger partial charge is 0.383 e. The molecule has 13 heavy (non-hydrogen) atoms. The van der Waals surface area contributed by atoms with Crippen molar-refractivity contribution in [2.45, 2.75) is 32.9 Å². The number of nitrogens with zero attached hydrogens (tertiary/aromatic N) is 2. The molecule has 1 aromatic rings. The molecule has 2 heterocycles. The molecule has 3 N–H and O–H groups in total. The summed E-state index contributed by atoms with van der Waals surface area (Å²) in [6.07, 6.45) is 0. The Balaban J connectivity index is 2.49. The molecule has 0 radical (unpaired) electrons. The quantitative estimate of drug-likeness (QED) is 0.667. The van der Waals surface area contributed by atoms with Gasteiger partial charge in [-0.25, -0.2) is 9.97 Å². The van der Waals surface area contributed by atoms with E-state index in [2.05, 4.69) is 29.1 Å². The minimum atomic E-state index is 0.341. The van der Waals surface area contributed by atoms with Gasteiger partial charge in [0.1, 0.15) is 11.6 Å². The molecule has 2 rings (SSSR count). The average Bonchev–Trinajstić information content (AvgIpc) is 2.51. The maximum atomic E-state index is 5.82. The van der Waals surface area contributed by atoms with E-state index in [4.69, 9.17) is 5.73 Å². The summed E-state index contributed by atoms with van der Waals surface area (Å²) in [5.74, 6) is 1.83. The molecule has 0 atom stereocenters. The summed E-state index contributed by atoms with van der Waals surface area (Å²) in [6.45, 7) is 5.77.